The first-order valence-electron chi connectivity index (χ1n) is 11.0. The molecule has 0 saturated heterocycles. The van der Waals surface area contributed by atoms with E-state index in [0.717, 1.165) is 28.7 Å². The second-order valence-corrected chi connectivity index (χ2v) is 14.8. The van der Waals surface area contributed by atoms with E-state index in [4.69, 9.17) is 5.14 Å². The lowest BCUT2D eigenvalue weighted by atomic mass is 9.87. The van der Waals surface area contributed by atoms with Crippen LogP contribution in [0.2, 0.25) is 0 Å². The molecule has 0 aliphatic heterocycles. The predicted molar refractivity (Wildman–Crippen MR) is 142 cm³/mol. The molecular weight excluding hydrogens is 522 g/mol. The van der Waals surface area contributed by atoms with Gasteiger partial charge in [-0.25, -0.2) is 27.0 Å². The van der Waals surface area contributed by atoms with Gasteiger partial charge in [0.1, 0.15) is 5.01 Å². The maximum Gasteiger partial charge on any atom is 0.245 e. The number of carbonyl (C=O) groups is 2. The molecule has 0 aliphatic rings. The van der Waals surface area contributed by atoms with Crippen molar-refractivity contribution >= 4 is 53.1 Å². The number of primary sulfonamides is 1. The van der Waals surface area contributed by atoms with E-state index in [1.54, 1.807) is 18.2 Å². The average Bonchev–Trinajstić information content (AvgIpc) is 3.13. The van der Waals surface area contributed by atoms with Crippen molar-refractivity contribution in [2.45, 2.75) is 32.4 Å². The molecule has 3 N–H and O–H groups in total. The maximum atomic E-state index is 12.6. The molecule has 0 spiro atoms. The van der Waals surface area contributed by atoms with Crippen LogP contribution < -0.4 is 10.5 Å². The van der Waals surface area contributed by atoms with E-state index in [1.807, 2.05) is 45.0 Å². The Hall–Kier alpha value is -2.67. The number of ketones is 1. The molecule has 9 nitrogen and oxygen atoms in total. The first-order chi connectivity index (χ1) is 16.5. The molecule has 0 bridgehead atoms. The fraction of sp³-hybridized carbons (Fsp3) is 0.375. The van der Waals surface area contributed by atoms with Crippen LogP contribution in [0.25, 0.3) is 21.3 Å². The van der Waals surface area contributed by atoms with Crippen LogP contribution in [0.4, 0.5) is 0 Å². The third-order valence-electron chi connectivity index (χ3n) is 5.21. The molecule has 0 aliphatic carbocycles. The lowest BCUT2D eigenvalue weighted by Crippen LogP contribution is -2.37. The molecule has 194 valence electrons. The van der Waals surface area contributed by atoms with E-state index in [2.05, 4.69) is 10.3 Å². The van der Waals surface area contributed by atoms with Gasteiger partial charge in [-0.1, -0.05) is 51.1 Å². The molecule has 0 saturated carbocycles. The number of sulfonamides is 1. The Morgan fingerprint density at radius 1 is 1.03 bits per heavy atom. The Morgan fingerprint density at radius 3 is 2.19 bits per heavy atom. The minimum absolute atomic E-state index is 0.0748. The van der Waals surface area contributed by atoms with Gasteiger partial charge in [0.25, 0.3) is 0 Å². The Labute approximate surface area is 215 Å². The van der Waals surface area contributed by atoms with Crippen molar-refractivity contribution in [3.05, 3.63) is 53.0 Å². The number of nitrogens with zero attached hydrogens (tertiary/aromatic N) is 1. The van der Waals surface area contributed by atoms with Gasteiger partial charge in [-0.05, 0) is 28.7 Å². The number of aromatic nitrogens is 1. The highest BCUT2D eigenvalue weighted by atomic mass is 32.2. The number of Topliss-reactive ketones (excluding diaryl/α,β-unsaturated/α-hetero) is 1. The Kier molecular flexibility index (Phi) is 8.04. The summed E-state index contributed by atoms with van der Waals surface area (Å²) in [5, 5.41) is 5.75. The van der Waals surface area contributed by atoms with E-state index >= 15 is 0 Å². The van der Waals surface area contributed by atoms with E-state index in [0.29, 0.717) is 22.2 Å². The van der Waals surface area contributed by atoms with Crippen molar-refractivity contribution in [3.63, 3.8) is 0 Å². The van der Waals surface area contributed by atoms with Crippen molar-refractivity contribution in [2.75, 3.05) is 18.6 Å². The number of nitrogens with two attached hydrogens (primary N) is 1. The summed E-state index contributed by atoms with van der Waals surface area (Å²) in [7, 11) is -7.70. The van der Waals surface area contributed by atoms with Gasteiger partial charge >= 0.3 is 0 Å². The molecule has 3 rings (SSSR count). The molecule has 1 atom stereocenters. The van der Waals surface area contributed by atoms with Crippen LogP contribution in [0.5, 0.6) is 0 Å². The second-order valence-electron chi connectivity index (χ2n) is 9.84. The highest BCUT2D eigenvalue weighted by Gasteiger charge is 2.34. The number of rotatable bonds is 9. The van der Waals surface area contributed by atoms with E-state index in [1.165, 1.54) is 0 Å². The number of carbonyl (C=O) groups excluding carboxylic acids is 2. The topological polar surface area (TPSA) is 153 Å². The number of fused-ring (bicyclic) bond motifs is 1. The van der Waals surface area contributed by atoms with E-state index in [-0.39, 0.29) is 22.8 Å². The minimum Gasteiger partial charge on any atom is -0.354 e. The molecule has 1 unspecified atom stereocenters. The molecule has 3 aromatic rings. The predicted octanol–water partition coefficient (Wildman–Crippen LogP) is 3.07. The van der Waals surface area contributed by atoms with Gasteiger partial charge in [-0.3, -0.25) is 9.59 Å². The van der Waals surface area contributed by atoms with Gasteiger partial charge in [0.05, 0.1) is 16.0 Å². The van der Waals surface area contributed by atoms with Crippen LogP contribution in [-0.2, 0) is 24.7 Å². The molecule has 36 heavy (non-hydrogen) atoms. The molecule has 0 radical (unpaired) electrons. The molecule has 2 aromatic carbocycles. The average molecular weight is 552 g/mol. The number of hydrogen-bond donors (Lipinski definition) is 2. The number of benzene rings is 2. The molecular formula is C24H29N3O6S3. The summed E-state index contributed by atoms with van der Waals surface area (Å²) >= 11 is 1.07. The summed E-state index contributed by atoms with van der Waals surface area (Å²) < 4.78 is 47.7. The highest BCUT2D eigenvalue weighted by Crippen LogP contribution is 2.33. The molecule has 1 heterocycles. The van der Waals surface area contributed by atoms with Crippen molar-refractivity contribution in [3.8, 4) is 11.1 Å². The van der Waals surface area contributed by atoms with Crippen molar-refractivity contribution in [2.24, 2.45) is 10.6 Å². The molecule has 1 amide bonds. The zero-order valence-electron chi connectivity index (χ0n) is 20.4. The first kappa shape index (κ1) is 27.9. The van der Waals surface area contributed by atoms with Gasteiger partial charge in [-0.15, -0.1) is 11.3 Å². The normalized spacial score (nSPS) is 13.5. The summed E-state index contributed by atoms with van der Waals surface area (Å²) in [5.41, 5.74) is 2.79. The van der Waals surface area contributed by atoms with E-state index in [9.17, 15) is 26.4 Å². The van der Waals surface area contributed by atoms with Gasteiger partial charge in [0, 0.05) is 24.8 Å². The maximum absolute atomic E-state index is 12.6. The van der Waals surface area contributed by atoms with Gasteiger partial charge in [-0.2, -0.15) is 0 Å². The fourth-order valence-electron chi connectivity index (χ4n) is 3.57. The minimum atomic E-state index is -3.90. The van der Waals surface area contributed by atoms with Crippen LogP contribution in [0.1, 0.15) is 47.8 Å². The number of hydrogen-bond acceptors (Lipinski definition) is 8. The summed E-state index contributed by atoms with van der Waals surface area (Å²) in [6.07, 6.45) is 1.37. The standard InChI is InChI=1S/C24H29N3O6S3/c1-24(2,3)14-19(28)16-7-5-15(6-8-16)17-9-10-18-20(13-17)34-23(27-18)21(35(4,30)31)22(29)26-11-12-36(25,32)33/h5-10,13,21H,11-12,14H2,1-4H3,(H,26,29)(H2,25,32,33). The van der Waals surface area contributed by atoms with Gasteiger partial charge in [0.2, 0.25) is 15.9 Å². The van der Waals surface area contributed by atoms with Crippen molar-refractivity contribution in [1.29, 1.82) is 0 Å². The molecule has 0 fully saturated rings. The van der Waals surface area contributed by atoms with Crippen LogP contribution in [-0.4, -0.2) is 52.1 Å². The zero-order valence-corrected chi connectivity index (χ0v) is 22.9. The third-order valence-corrected chi connectivity index (χ3v) is 8.51. The second kappa shape index (κ2) is 10.4. The molecule has 12 heteroatoms. The van der Waals surface area contributed by atoms with Crippen LogP contribution in [0.3, 0.4) is 0 Å². The Morgan fingerprint density at radius 2 is 1.64 bits per heavy atom. The summed E-state index contributed by atoms with van der Waals surface area (Å²) in [6, 6.07) is 12.7. The van der Waals surface area contributed by atoms with Crippen molar-refractivity contribution < 1.29 is 26.4 Å². The quantitative estimate of drug-likeness (QED) is 0.388. The number of nitrogens with one attached hydrogen (secondary N) is 1. The summed E-state index contributed by atoms with van der Waals surface area (Å²) in [5.74, 6) is -1.30. The van der Waals surface area contributed by atoms with Crippen molar-refractivity contribution in [1.82, 2.24) is 10.3 Å². The zero-order chi connectivity index (χ0) is 26.9. The first-order valence-corrected chi connectivity index (χ1v) is 15.5. The Balaban J connectivity index is 1.87. The number of amides is 1. The number of thiazole rings is 1. The van der Waals surface area contributed by atoms with Crippen LogP contribution in [0.15, 0.2) is 42.5 Å². The highest BCUT2D eigenvalue weighted by molar-refractivity contribution is 7.91. The Bertz CT molecular complexity index is 1500. The summed E-state index contributed by atoms with van der Waals surface area (Å²) in [4.78, 5) is 29.5. The molecule has 1 aromatic heterocycles. The fourth-order valence-corrected chi connectivity index (χ4v) is 6.50. The van der Waals surface area contributed by atoms with Crippen LogP contribution in [0, 0.1) is 5.41 Å². The number of sulfone groups is 1. The lowest BCUT2D eigenvalue weighted by molar-refractivity contribution is -0.120. The lowest BCUT2D eigenvalue weighted by Gasteiger charge is -2.16. The smallest absolute Gasteiger partial charge is 0.245 e. The largest absolute Gasteiger partial charge is 0.354 e. The summed E-state index contributed by atoms with van der Waals surface area (Å²) in [6.45, 7) is 5.73. The van der Waals surface area contributed by atoms with Crippen LogP contribution >= 0.6 is 11.3 Å². The monoisotopic (exact) mass is 551 g/mol. The van der Waals surface area contributed by atoms with Gasteiger partial charge in [0.15, 0.2) is 20.9 Å². The van der Waals surface area contributed by atoms with Gasteiger partial charge < -0.3 is 5.32 Å². The third kappa shape index (κ3) is 7.42. The SMILES string of the molecule is CC(C)(C)CC(=O)c1ccc(-c2ccc3nc(C(C(=O)NCCS(N)(=O)=O)S(C)(=O)=O)sc3c2)cc1. The van der Waals surface area contributed by atoms with E-state index < -0.39 is 36.8 Å².